The van der Waals surface area contributed by atoms with Crippen LogP contribution in [0.2, 0.25) is 0 Å². The molecule has 0 amide bonds. The van der Waals surface area contributed by atoms with E-state index in [-0.39, 0.29) is 0 Å². The molecule has 0 rings (SSSR count). The molecule has 16 heavy (non-hydrogen) atoms. The monoisotopic (exact) mass is 227 g/mol. The zero-order valence-electron chi connectivity index (χ0n) is 11.6. The van der Waals surface area contributed by atoms with E-state index in [9.17, 15) is 0 Å². The first-order valence-electron chi connectivity index (χ1n) is 6.66. The summed E-state index contributed by atoms with van der Waals surface area (Å²) in [7, 11) is 0. The second-order valence-electron chi connectivity index (χ2n) is 4.68. The molecule has 0 saturated heterocycles. The summed E-state index contributed by atoms with van der Waals surface area (Å²) in [5.74, 6) is 2.33. The van der Waals surface area contributed by atoms with Crippen LogP contribution < -0.4 is 10.6 Å². The van der Waals surface area contributed by atoms with Crippen molar-refractivity contribution in [2.45, 2.75) is 47.5 Å². The van der Waals surface area contributed by atoms with Gasteiger partial charge in [0.1, 0.15) is 0 Å². The van der Waals surface area contributed by atoms with Crippen LogP contribution in [0.25, 0.3) is 0 Å². The first-order chi connectivity index (χ1) is 7.63. The molecular formula is C13H29N3. The molecule has 0 aliphatic carbocycles. The minimum Gasteiger partial charge on any atom is -0.357 e. The number of hydrogen-bond acceptors (Lipinski definition) is 1. The highest BCUT2D eigenvalue weighted by Crippen LogP contribution is 2.04. The molecule has 0 aliphatic heterocycles. The highest BCUT2D eigenvalue weighted by atomic mass is 15.2. The largest absolute Gasteiger partial charge is 0.357 e. The van der Waals surface area contributed by atoms with Crippen LogP contribution in [0.1, 0.15) is 47.5 Å². The van der Waals surface area contributed by atoms with E-state index < -0.39 is 0 Å². The van der Waals surface area contributed by atoms with Gasteiger partial charge in [-0.3, -0.25) is 4.99 Å². The highest BCUT2D eigenvalue weighted by Gasteiger charge is 2.04. The molecule has 0 aromatic heterocycles. The second-order valence-corrected chi connectivity index (χ2v) is 4.68. The van der Waals surface area contributed by atoms with Gasteiger partial charge in [0.25, 0.3) is 0 Å². The SMILES string of the molecule is CCNC(=NCC(C)C)NCC(CC)CC. The van der Waals surface area contributed by atoms with Crippen LogP contribution in [-0.2, 0) is 0 Å². The van der Waals surface area contributed by atoms with E-state index in [1.165, 1.54) is 12.8 Å². The summed E-state index contributed by atoms with van der Waals surface area (Å²) in [4.78, 5) is 4.55. The fourth-order valence-electron chi connectivity index (χ4n) is 1.43. The molecule has 3 heteroatoms. The van der Waals surface area contributed by atoms with Gasteiger partial charge in [-0.25, -0.2) is 0 Å². The molecule has 0 unspecified atom stereocenters. The Morgan fingerprint density at radius 1 is 1.06 bits per heavy atom. The number of guanidine groups is 1. The molecule has 0 radical (unpaired) electrons. The number of rotatable bonds is 7. The van der Waals surface area contributed by atoms with Gasteiger partial charge in [0.05, 0.1) is 0 Å². The quantitative estimate of drug-likeness (QED) is 0.518. The van der Waals surface area contributed by atoms with E-state index in [1.807, 2.05) is 0 Å². The van der Waals surface area contributed by atoms with Gasteiger partial charge in [-0.05, 0) is 18.8 Å². The average Bonchev–Trinajstić information content (AvgIpc) is 2.26. The van der Waals surface area contributed by atoms with Gasteiger partial charge in [0.2, 0.25) is 0 Å². The minimum atomic E-state index is 0.614. The van der Waals surface area contributed by atoms with Gasteiger partial charge in [-0.1, -0.05) is 40.5 Å². The molecule has 0 aliphatic rings. The Balaban J connectivity index is 4.06. The van der Waals surface area contributed by atoms with Crippen LogP contribution in [0, 0.1) is 11.8 Å². The van der Waals surface area contributed by atoms with Crippen molar-refractivity contribution in [2.75, 3.05) is 19.6 Å². The second kappa shape index (κ2) is 9.49. The van der Waals surface area contributed by atoms with Gasteiger partial charge in [-0.2, -0.15) is 0 Å². The molecule has 0 heterocycles. The summed E-state index contributed by atoms with van der Waals surface area (Å²) in [6, 6.07) is 0. The Morgan fingerprint density at radius 2 is 1.69 bits per heavy atom. The molecule has 2 N–H and O–H groups in total. The fraction of sp³-hybridized carbons (Fsp3) is 0.923. The lowest BCUT2D eigenvalue weighted by atomic mass is 10.0. The van der Waals surface area contributed by atoms with E-state index in [0.29, 0.717) is 5.92 Å². The van der Waals surface area contributed by atoms with Crippen molar-refractivity contribution >= 4 is 5.96 Å². The maximum Gasteiger partial charge on any atom is 0.191 e. The van der Waals surface area contributed by atoms with E-state index >= 15 is 0 Å². The van der Waals surface area contributed by atoms with Crippen molar-refractivity contribution in [1.29, 1.82) is 0 Å². The molecule has 0 aromatic rings. The molecule has 3 nitrogen and oxygen atoms in total. The van der Waals surface area contributed by atoms with Gasteiger partial charge in [0, 0.05) is 19.6 Å². The Hall–Kier alpha value is -0.730. The first kappa shape index (κ1) is 15.3. The standard InChI is InChI=1S/C13H29N3/c1-6-12(7-2)10-16-13(14-8-3)15-9-11(4)5/h11-12H,6-10H2,1-5H3,(H2,14,15,16). The maximum atomic E-state index is 4.55. The molecule has 0 bridgehead atoms. The third-order valence-corrected chi connectivity index (χ3v) is 2.67. The van der Waals surface area contributed by atoms with Gasteiger partial charge < -0.3 is 10.6 Å². The van der Waals surface area contributed by atoms with E-state index in [2.05, 4.69) is 50.2 Å². The van der Waals surface area contributed by atoms with Crippen molar-refractivity contribution in [3.8, 4) is 0 Å². The van der Waals surface area contributed by atoms with E-state index in [4.69, 9.17) is 0 Å². The minimum absolute atomic E-state index is 0.614. The zero-order chi connectivity index (χ0) is 12.4. The summed E-state index contributed by atoms with van der Waals surface area (Å²) in [5, 5.41) is 6.70. The van der Waals surface area contributed by atoms with Crippen molar-refractivity contribution in [3.05, 3.63) is 0 Å². The third-order valence-electron chi connectivity index (χ3n) is 2.67. The number of aliphatic imine (C=N–C) groups is 1. The number of nitrogens with zero attached hydrogens (tertiary/aromatic N) is 1. The van der Waals surface area contributed by atoms with Crippen LogP contribution in [0.5, 0.6) is 0 Å². The van der Waals surface area contributed by atoms with Gasteiger partial charge in [-0.15, -0.1) is 0 Å². The molecular weight excluding hydrogens is 198 g/mol. The zero-order valence-corrected chi connectivity index (χ0v) is 11.6. The van der Waals surface area contributed by atoms with Gasteiger partial charge in [0.15, 0.2) is 5.96 Å². The molecule has 0 aromatic carbocycles. The Kier molecular flexibility index (Phi) is 9.06. The van der Waals surface area contributed by atoms with E-state index in [1.54, 1.807) is 0 Å². The summed E-state index contributed by atoms with van der Waals surface area (Å²) in [5.41, 5.74) is 0. The Bertz CT molecular complexity index is 184. The topological polar surface area (TPSA) is 36.4 Å². The molecule has 0 saturated carbocycles. The van der Waals surface area contributed by atoms with Gasteiger partial charge >= 0.3 is 0 Å². The lowest BCUT2D eigenvalue weighted by Crippen LogP contribution is -2.40. The highest BCUT2D eigenvalue weighted by molar-refractivity contribution is 5.79. The van der Waals surface area contributed by atoms with Crippen LogP contribution in [0.15, 0.2) is 4.99 Å². The average molecular weight is 227 g/mol. The lowest BCUT2D eigenvalue weighted by molar-refractivity contribution is 0.481. The summed E-state index contributed by atoms with van der Waals surface area (Å²) < 4.78 is 0. The molecule has 0 fully saturated rings. The fourth-order valence-corrected chi connectivity index (χ4v) is 1.43. The predicted octanol–water partition coefficient (Wildman–Crippen LogP) is 2.63. The molecule has 96 valence electrons. The van der Waals surface area contributed by atoms with Crippen molar-refractivity contribution < 1.29 is 0 Å². The summed E-state index contributed by atoms with van der Waals surface area (Å²) in [6.07, 6.45) is 2.46. The van der Waals surface area contributed by atoms with Crippen LogP contribution in [0.3, 0.4) is 0 Å². The van der Waals surface area contributed by atoms with E-state index in [0.717, 1.165) is 31.5 Å². The van der Waals surface area contributed by atoms with Crippen molar-refractivity contribution in [2.24, 2.45) is 16.8 Å². The predicted molar refractivity (Wildman–Crippen MR) is 72.9 cm³/mol. The van der Waals surface area contributed by atoms with Crippen LogP contribution >= 0.6 is 0 Å². The Labute approximate surface area is 101 Å². The maximum absolute atomic E-state index is 4.55. The van der Waals surface area contributed by atoms with Crippen molar-refractivity contribution in [3.63, 3.8) is 0 Å². The summed E-state index contributed by atoms with van der Waals surface area (Å²) >= 11 is 0. The smallest absolute Gasteiger partial charge is 0.191 e. The van der Waals surface area contributed by atoms with Crippen molar-refractivity contribution in [1.82, 2.24) is 10.6 Å². The summed E-state index contributed by atoms with van der Waals surface area (Å²) in [6.45, 7) is 13.8. The molecule has 0 spiro atoms. The van der Waals surface area contributed by atoms with Crippen LogP contribution in [-0.4, -0.2) is 25.6 Å². The molecule has 0 atom stereocenters. The number of hydrogen-bond donors (Lipinski definition) is 2. The number of nitrogens with one attached hydrogen (secondary N) is 2. The lowest BCUT2D eigenvalue weighted by Gasteiger charge is -2.16. The first-order valence-corrected chi connectivity index (χ1v) is 6.66. The van der Waals surface area contributed by atoms with Crippen LogP contribution in [0.4, 0.5) is 0 Å². The normalized spacial score (nSPS) is 12.3. The third kappa shape index (κ3) is 7.55. The Morgan fingerprint density at radius 3 is 2.12 bits per heavy atom.